The Morgan fingerprint density at radius 2 is 1.97 bits per heavy atom. The van der Waals surface area contributed by atoms with Crippen molar-refractivity contribution in [1.82, 2.24) is 25.0 Å². The van der Waals surface area contributed by atoms with Crippen molar-refractivity contribution in [1.29, 1.82) is 0 Å². The van der Waals surface area contributed by atoms with Gasteiger partial charge in [0.05, 0.1) is 15.6 Å². The minimum Gasteiger partial charge on any atom is -0.346 e. The van der Waals surface area contributed by atoms with Crippen molar-refractivity contribution in [2.24, 2.45) is 7.05 Å². The highest BCUT2D eigenvalue weighted by molar-refractivity contribution is 7.15. The van der Waals surface area contributed by atoms with E-state index in [1.165, 1.54) is 5.56 Å². The molecule has 1 aliphatic heterocycles. The number of aromatic nitrogens is 3. The second-order valence-corrected chi connectivity index (χ2v) is 10.3. The van der Waals surface area contributed by atoms with Crippen LogP contribution in [0, 0.1) is 13.8 Å². The topological polar surface area (TPSA) is 80.1 Å². The van der Waals surface area contributed by atoms with Gasteiger partial charge in [0.25, 0.3) is 11.8 Å². The fourth-order valence-electron chi connectivity index (χ4n) is 4.48. The molecule has 0 spiro atoms. The molecule has 0 radical (unpaired) electrons. The van der Waals surface area contributed by atoms with Crippen molar-refractivity contribution in [3.63, 3.8) is 0 Å². The van der Waals surface area contributed by atoms with Crippen molar-refractivity contribution in [3.8, 4) is 10.4 Å². The van der Waals surface area contributed by atoms with Gasteiger partial charge in [-0.25, -0.2) is 4.98 Å². The molecule has 2 amide bonds. The molecule has 1 atom stereocenters. The number of carbonyl (C=O) groups is 2. The van der Waals surface area contributed by atoms with Gasteiger partial charge < -0.3 is 10.2 Å². The van der Waals surface area contributed by atoms with E-state index in [1.54, 1.807) is 29.1 Å². The maximum Gasteiger partial charge on any atom is 0.274 e. The van der Waals surface area contributed by atoms with Crippen LogP contribution < -0.4 is 5.32 Å². The molecule has 2 aliphatic rings. The number of aryl methyl sites for hydroxylation is 3. The van der Waals surface area contributed by atoms with Crippen LogP contribution in [0.3, 0.4) is 0 Å². The number of nitrogens with one attached hydrogen (secondary N) is 1. The highest BCUT2D eigenvalue weighted by atomic mass is 32.1. The second kappa shape index (κ2) is 8.74. The average Bonchev–Trinajstić information content (AvgIpc) is 3.45. The van der Waals surface area contributed by atoms with Gasteiger partial charge in [-0.05, 0) is 51.2 Å². The lowest BCUT2D eigenvalue weighted by Gasteiger charge is -2.33. The zero-order valence-corrected chi connectivity index (χ0v) is 20.1. The Hall–Kier alpha value is -3.00. The number of likely N-dealkylation sites (tertiary alicyclic amines) is 1. The number of benzene rings is 1. The van der Waals surface area contributed by atoms with E-state index in [-0.39, 0.29) is 17.9 Å². The normalized spacial score (nSPS) is 18.4. The van der Waals surface area contributed by atoms with Crippen molar-refractivity contribution >= 4 is 23.2 Å². The standard InChI is InChI=1S/C25H29N5O2S/c1-15-6-4-7-18(12-15)22-21(27-24(33-22)17-9-10-17)25(32)30-11-5-8-19(14-30)26-23(31)20-13-16(2)28-29(20)3/h4,6-7,12-13,17,19H,5,8-11,14H2,1-3H3,(H,26,31)/t19-/m1/s1. The predicted octanol–water partition coefficient (Wildman–Crippen LogP) is 4.07. The van der Waals surface area contributed by atoms with Crippen LogP contribution in [-0.2, 0) is 7.05 Å². The molecule has 3 heterocycles. The Bertz CT molecular complexity index is 1210. The van der Waals surface area contributed by atoms with Gasteiger partial charge in [-0.1, -0.05) is 29.8 Å². The van der Waals surface area contributed by atoms with Crippen LogP contribution in [0.4, 0.5) is 0 Å². The first-order chi connectivity index (χ1) is 15.9. The molecule has 2 fully saturated rings. The highest BCUT2D eigenvalue weighted by Crippen LogP contribution is 2.45. The van der Waals surface area contributed by atoms with E-state index < -0.39 is 0 Å². The van der Waals surface area contributed by atoms with E-state index in [1.807, 2.05) is 17.9 Å². The Morgan fingerprint density at radius 3 is 2.67 bits per heavy atom. The fraction of sp³-hybridized carbons (Fsp3) is 0.440. The first-order valence-corrected chi connectivity index (χ1v) is 12.4. The first-order valence-electron chi connectivity index (χ1n) is 11.6. The van der Waals surface area contributed by atoms with E-state index in [9.17, 15) is 9.59 Å². The third-order valence-corrected chi connectivity index (χ3v) is 7.60. The average molecular weight is 464 g/mol. The molecule has 1 saturated carbocycles. The molecule has 2 aromatic heterocycles. The van der Waals surface area contributed by atoms with E-state index in [0.717, 1.165) is 46.8 Å². The Balaban J connectivity index is 1.36. The molecule has 1 aliphatic carbocycles. The summed E-state index contributed by atoms with van der Waals surface area (Å²) in [6, 6.07) is 9.97. The molecular weight excluding hydrogens is 434 g/mol. The summed E-state index contributed by atoms with van der Waals surface area (Å²) in [4.78, 5) is 34.0. The maximum atomic E-state index is 13.6. The first kappa shape index (κ1) is 21.8. The maximum absolute atomic E-state index is 13.6. The molecule has 172 valence electrons. The zero-order chi connectivity index (χ0) is 23.1. The molecule has 7 nitrogen and oxygen atoms in total. The molecule has 1 N–H and O–H groups in total. The van der Waals surface area contributed by atoms with Gasteiger partial charge in [-0.2, -0.15) is 5.10 Å². The number of hydrogen-bond donors (Lipinski definition) is 1. The molecule has 0 bridgehead atoms. The minimum absolute atomic E-state index is 0.0371. The number of rotatable bonds is 5. The van der Waals surface area contributed by atoms with Gasteiger partial charge in [0, 0.05) is 32.1 Å². The van der Waals surface area contributed by atoms with Crippen LogP contribution >= 0.6 is 11.3 Å². The number of amides is 2. The smallest absolute Gasteiger partial charge is 0.274 e. The molecule has 1 saturated heterocycles. The quantitative estimate of drug-likeness (QED) is 0.619. The summed E-state index contributed by atoms with van der Waals surface area (Å²) in [5, 5.41) is 8.43. The molecule has 1 aromatic carbocycles. The number of thiazole rings is 1. The summed E-state index contributed by atoms with van der Waals surface area (Å²) < 4.78 is 1.60. The number of hydrogen-bond acceptors (Lipinski definition) is 5. The summed E-state index contributed by atoms with van der Waals surface area (Å²) in [5.41, 5.74) is 4.12. The Labute approximate surface area is 197 Å². The van der Waals surface area contributed by atoms with Crippen LogP contribution in [0.2, 0.25) is 0 Å². The van der Waals surface area contributed by atoms with Crippen LogP contribution in [0.25, 0.3) is 10.4 Å². The van der Waals surface area contributed by atoms with E-state index in [2.05, 4.69) is 35.5 Å². The van der Waals surface area contributed by atoms with Gasteiger partial charge >= 0.3 is 0 Å². The Kier molecular flexibility index (Phi) is 5.78. The van der Waals surface area contributed by atoms with E-state index in [4.69, 9.17) is 4.98 Å². The van der Waals surface area contributed by atoms with Gasteiger partial charge in [-0.15, -0.1) is 11.3 Å². The van der Waals surface area contributed by atoms with Crippen molar-refractivity contribution in [2.75, 3.05) is 13.1 Å². The van der Waals surface area contributed by atoms with Crippen molar-refractivity contribution in [3.05, 3.63) is 58.0 Å². The molecule has 0 unspecified atom stereocenters. The summed E-state index contributed by atoms with van der Waals surface area (Å²) in [7, 11) is 1.77. The molecule has 8 heteroatoms. The van der Waals surface area contributed by atoms with Gasteiger partial charge in [0.2, 0.25) is 0 Å². The van der Waals surface area contributed by atoms with Crippen LogP contribution in [0.5, 0.6) is 0 Å². The Morgan fingerprint density at radius 1 is 1.15 bits per heavy atom. The lowest BCUT2D eigenvalue weighted by atomic mass is 10.0. The van der Waals surface area contributed by atoms with E-state index >= 15 is 0 Å². The van der Waals surface area contributed by atoms with Gasteiger partial charge in [-0.3, -0.25) is 14.3 Å². The second-order valence-electron chi connectivity index (χ2n) is 9.23. The largest absolute Gasteiger partial charge is 0.346 e. The van der Waals surface area contributed by atoms with E-state index in [0.29, 0.717) is 30.4 Å². The summed E-state index contributed by atoms with van der Waals surface area (Å²) in [5.74, 6) is 0.309. The monoisotopic (exact) mass is 463 g/mol. The zero-order valence-electron chi connectivity index (χ0n) is 19.3. The van der Waals surface area contributed by atoms with Crippen LogP contribution in [0.15, 0.2) is 30.3 Å². The third kappa shape index (κ3) is 4.57. The third-order valence-electron chi connectivity index (χ3n) is 6.33. The highest BCUT2D eigenvalue weighted by Gasteiger charge is 2.33. The summed E-state index contributed by atoms with van der Waals surface area (Å²) in [6.45, 7) is 5.10. The molecular formula is C25H29N5O2S. The van der Waals surface area contributed by atoms with Gasteiger partial charge in [0.1, 0.15) is 11.4 Å². The number of carbonyl (C=O) groups excluding carboxylic acids is 2. The number of nitrogens with zero attached hydrogens (tertiary/aromatic N) is 4. The summed E-state index contributed by atoms with van der Waals surface area (Å²) in [6.07, 6.45) is 4.00. The predicted molar refractivity (Wildman–Crippen MR) is 129 cm³/mol. The minimum atomic E-state index is -0.150. The number of piperidine rings is 1. The lowest BCUT2D eigenvalue weighted by Crippen LogP contribution is -2.50. The van der Waals surface area contributed by atoms with Crippen LogP contribution in [-0.4, -0.2) is 50.6 Å². The van der Waals surface area contributed by atoms with Crippen molar-refractivity contribution < 1.29 is 9.59 Å². The van der Waals surface area contributed by atoms with Crippen molar-refractivity contribution in [2.45, 2.75) is 51.5 Å². The molecule has 33 heavy (non-hydrogen) atoms. The molecule has 5 rings (SSSR count). The SMILES string of the molecule is Cc1cccc(-c2sc(C3CC3)nc2C(=O)N2CCC[C@@H](NC(=O)c3cc(C)nn3C)C2)c1. The van der Waals surface area contributed by atoms with Gasteiger partial charge in [0.15, 0.2) is 0 Å². The lowest BCUT2D eigenvalue weighted by molar-refractivity contribution is 0.0670. The fourth-order valence-corrected chi connectivity index (χ4v) is 5.70. The molecule has 3 aromatic rings. The summed E-state index contributed by atoms with van der Waals surface area (Å²) >= 11 is 1.66. The van der Waals surface area contributed by atoms with Crippen LogP contribution in [0.1, 0.15) is 68.8 Å².